The van der Waals surface area contributed by atoms with Crippen molar-refractivity contribution in [2.45, 2.75) is 20.0 Å². The highest BCUT2D eigenvalue weighted by atomic mass is 19.1. The Morgan fingerprint density at radius 2 is 2.19 bits per heavy atom. The smallest absolute Gasteiger partial charge is 0.279 e. The lowest BCUT2D eigenvalue weighted by atomic mass is 10.1. The van der Waals surface area contributed by atoms with Gasteiger partial charge < -0.3 is 10.4 Å². The fourth-order valence-electron chi connectivity index (χ4n) is 1.48. The monoisotopic (exact) mass is 296 g/mol. The van der Waals surface area contributed by atoms with Crippen molar-refractivity contribution >= 4 is 17.7 Å². The topological polar surface area (TPSA) is 92.5 Å². The van der Waals surface area contributed by atoms with Crippen LogP contribution in [0.3, 0.4) is 0 Å². The van der Waals surface area contributed by atoms with Gasteiger partial charge in [-0.15, -0.1) is 0 Å². The highest BCUT2D eigenvalue weighted by Crippen LogP contribution is 2.20. The second kappa shape index (κ2) is 7.49. The van der Waals surface area contributed by atoms with Gasteiger partial charge >= 0.3 is 0 Å². The van der Waals surface area contributed by atoms with Gasteiger partial charge in [0.05, 0.1) is 22.7 Å². The van der Waals surface area contributed by atoms with Gasteiger partial charge in [-0.25, -0.2) is 4.39 Å². The molecular formula is C14H17FN2O4. The van der Waals surface area contributed by atoms with E-state index in [4.69, 9.17) is 0 Å². The second-order valence-corrected chi connectivity index (χ2v) is 4.85. The van der Waals surface area contributed by atoms with Gasteiger partial charge in [0.25, 0.3) is 5.69 Å². The van der Waals surface area contributed by atoms with E-state index in [0.717, 1.165) is 18.2 Å². The molecule has 1 aromatic rings. The molecule has 0 aliphatic heterocycles. The van der Waals surface area contributed by atoms with Crippen molar-refractivity contribution in [3.63, 3.8) is 0 Å². The number of aliphatic hydroxyl groups is 1. The molecule has 1 amide bonds. The van der Waals surface area contributed by atoms with Gasteiger partial charge in [0, 0.05) is 12.6 Å². The fraction of sp³-hybridized carbons (Fsp3) is 0.357. The van der Waals surface area contributed by atoms with Crippen LogP contribution in [0.5, 0.6) is 0 Å². The third kappa shape index (κ3) is 5.31. The second-order valence-electron chi connectivity index (χ2n) is 4.85. The number of benzene rings is 1. The maximum Gasteiger partial charge on any atom is 0.279 e. The molecule has 114 valence electrons. The quantitative estimate of drug-likeness (QED) is 0.476. The van der Waals surface area contributed by atoms with Crippen LogP contribution in [-0.2, 0) is 4.79 Å². The molecule has 0 aliphatic rings. The summed E-state index contributed by atoms with van der Waals surface area (Å²) in [5.74, 6) is -1.20. The average molecular weight is 296 g/mol. The summed E-state index contributed by atoms with van der Waals surface area (Å²) in [6, 6.07) is 3.09. The zero-order chi connectivity index (χ0) is 16.0. The highest BCUT2D eigenvalue weighted by molar-refractivity contribution is 5.92. The van der Waals surface area contributed by atoms with Crippen LogP contribution in [0, 0.1) is 21.8 Å². The van der Waals surface area contributed by atoms with Crippen LogP contribution in [0.25, 0.3) is 6.08 Å². The predicted molar refractivity (Wildman–Crippen MR) is 75.9 cm³/mol. The Hall–Kier alpha value is -2.28. The number of nitro groups is 1. The number of carbonyl (C=O) groups excluding carboxylic acids is 1. The van der Waals surface area contributed by atoms with Gasteiger partial charge in [-0.3, -0.25) is 14.9 Å². The van der Waals surface area contributed by atoms with E-state index < -0.39 is 28.4 Å². The molecule has 0 spiro atoms. The SMILES string of the molecule is CC(C)C(O)CNC(=O)/C=C/c1ccc(F)cc1[N+](=O)[O-]. The van der Waals surface area contributed by atoms with Crippen LogP contribution < -0.4 is 5.32 Å². The van der Waals surface area contributed by atoms with Gasteiger partial charge in [0.1, 0.15) is 5.82 Å². The largest absolute Gasteiger partial charge is 0.391 e. The maximum atomic E-state index is 13.0. The molecule has 1 atom stereocenters. The van der Waals surface area contributed by atoms with Crippen molar-refractivity contribution in [2.75, 3.05) is 6.54 Å². The first kappa shape index (κ1) is 16.8. The molecule has 0 aliphatic carbocycles. The Morgan fingerprint density at radius 1 is 1.52 bits per heavy atom. The molecule has 0 saturated heterocycles. The number of halogens is 1. The Kier molecular flexibility index (Phi) is 5.98. The Morgan fingerprint density at radius 3 is 2.76 bits per heavy atom. The standard InChI is InChI=1S/C14H17FN2O4/c1-9(2)13(18)8-16-14(19)6-4-10-3-5-11(15)7-12(10)17(20)21/h3-7,9,13,18H,8H2,1-2H3,(H,16,19)/b6-4+. The van der Waals surface area contributed by atoms with E-state index in [-0.39, 0.29) is 18.0 Å². The predicted octanol–water partition coefficient (Wildman–Crippen LogP) is 1.88. The fourth-order valence-corrected chi connectivity index (χ4v) is 1.48. The summed E-state index contributed by atoms with van der Waals surface area (Å²) in [5, 5.41) is 22.8. The van der Waals surface area contributed by atoms with Gasteiger partial charge in [0.15, 0.2) is 0 Å². The molecule has 0 saturated carbocycles. The van der Waals surface area contributed by atoms with E-state index in [9.17, 15) is 24.4 Å². The number of hydrogen-bond donors (Lipinski definition) is 2. The van der Waals surface area contributed by atoms with E-state index in [1.54, 1.807) is 0 Å². The molecular weight excluding hydrogens is 279 g/mol. The summed E-state index contributed by atoms with van der Waals surface area (Å²) in [6.45, 7) is 3.72. The third-order valence-corrected chi connectivity index (χ3v) is 2.86. The first-order valence-electron chi connectivity index (χ1n) is 6.39. The summed E-state index contributed by atoms with van der Waals surface area (Å²) in [4.78, 5) is 21.6. The van der Waals surface area contributed by atoms with Crippen molar-refractivity contribution in [1.29, 1.82) is 0 Å². The van der Waals surface area contributed by atoms with Crippen LogP contribution in [0.2, 0.25) is 0 Å². The van der Waals surface area contributed by atoms with E-state index in [1.807, 2.05) is 13.8 Å². The Balaban J connectivity index is 2.72. The Bertz CT molecular complexity index is 558. The van der Waals surface area contributed by atoms with Crippen LogP contribution in [-0.4, -0.2) is 28.6 Å². The molecule has 2 N–H and O–H groups in total. The number of nitrogens with one attached hydrogen (secondary N) is 1. The molecule has 0 radical (unpaired) electrons. The van der Waals surface area contributed by atoms with E-state index in [0.29, 0.717) is 0 Å². The van der Waals surface area contributed by atoms with E-state index in [2.05, 4.69) is 5.32 Å². The minimum absolute atomic E-state index is 0.00691. The zero-order valence-electron chi connectivity index (χ0n) is 11.7. The summed E-state index contributed by atoms with van der Waals surface area (Å²) >= 11 is 0. The molecule has 0 fully saturated rings. The average Bonchev–Trinajstić information content (AvgIpc) is 2.42. The molecule has 7 heteroatoms. The molecule has 0 heterocycles. The number of hydrogen-bond acceptors (Lipinski definition) is 4. The first-order valence-corrected chi connectivity index (χ1v) is 6.39. The molecule has 1 unspecified atom stereocenters. The highest BCUT2D eigenvalue weighted by Gasteiger charge is 2.13. The minimum atomic E-state index is -0.719. The molecule has 0 bridgehead atoms. The number of aliphatic hydroxyl groups excluding tert-OH is 1. The van der Waals surface area contributed by atoms with Crippen molar-refractivity contribution in [3.05, 3.63) is 45.8 Å². The molecule has 0 aromatic heterocycles. The van der Waals surface area contributed by atoms with Gasteiger partial charge in [-0.1, -0.05) is 13.8 Å². The maximum absolute atomic E-state index is 13.0. The number of carbonyl (C=O) groups is 1. The molecule has 6 nitrogen and oxygen atoms in total. The lowest BCUT2D eigenvalue weighted by molar-refractivity contribution is -0.385. The number of nitrogens with zero attached hydrogens (tertiary/aromatic N) is 1. The Labute approximate surface area is 121 Å². The molecule has 21 heavy (non-hydrogen) atoms. The van der Waals surface area contributed by atoms with Crippen molar-refractivity contribution in [2.24, 2.45) is 5.92 Å². The number of amides is 1. The summed E-state index contributed by atoms with van der Waals surface area (Å²) in [7, 11) is 0. The lowest BCUT2D eigenvalue weighted by Crippen LogP contribution is -2.33. The van der Waals surface area contributed by atoms with Crippen molar-refractivity contribution < 1.29 is 19.2 Å². The van der Waals surface area contributed by atoms with Gasteiger partial charge in [0.2, 0.25) is 5.91 Å². The van der Waals surface area contributed by atoms with Gasteiger partial charge in [-0.05, 0) is 24.1 Å². The number of nitro benzene ring substituents is 1. The summed E-state index contributed by atoms with van der Waals surface area (Å²) in [6.07, 6.45) is 1.67. The minimum Gasteiger partial charge on any atom is -0.391 e. The summed E-state index contributed by atoms with van der Waals surface area (Å²) in [5.41, 5.74) is -0.290. The van der Waals surface area contributed by atoms with Crippen molar-refractivity contribution in [1.82, 2.24) is 5.32 Å². The van der Waals surface area contributed by atoms with Crippen LogP contribution in [0.1, 0.15) is 19.4 Å². The first-order chi connectivity index (χ1) is 9.81. The van der Waals surface area contributed by atoms with Gasteiger partial charge in [-0.2, -0.15) is 0 Å². The zero-order valence-corrected chi connectivity index (χ0v) is 11.7. The van der Waals surface area contributed by atoms with Crippen molar-refractivity contribution in [3.8, 4) is 0 Å². The molecule has 1 aromatic carbocycles. The molecule has 1 rings (SSSR count). The van der Waals surface area contributed by atoms with E-state index in [1.165, 1.54) is 12.1 Å². The normalized spacial score (nSPS) is 12.6. The lowest BCUT2D eigenvalue weighted by Gasteiger charge is -2.13. The number of rotatable bonds is 6. The third-order valence-electron chi connectivity index (χ3n) is 2.86. The van der Waals surface area contributed by atoms with Crippen LogP contribution >= 0.6 is 0 Å². The van der Waals surface area contributed by atoms with E-state index >= 15 is 0 Å². The summed E-state index contributed by atoms with van der Waals surface area (Å²) < 4.78 is 13.0. The van der Waals surface area contributed by atoms with Crippen LogP contribution in [0.15, 0.2) is 24.3 Å². The van der Waals surface area contributed by atoms with Crippen LogP contribution in [0.4, 0.5) is 10.1 Å².